The minimum atomic E-state index is -0.210. The molecule has 0 bridgehead atoms. The van der Waals surface area contributed by atoms with Crippen molar-refractivity contribution in [3.8, 4) is 0 Å². The minimum absolute atomic E-state index is 0.141. The molecular weight excluding hydrogens is 326 g/mol. The number of aromatic amines is 2. The largest absolute Gasteiger partial charge is 0.343 e. The number of thioether (sulfide) groups is 1. The van der Waals surface area contributed by atoms with Crippen LogP contribution in [0.2, 0.25) is 0 Å². The maximum atomic E-state index is 12.2. The van der Waals surface area contributed by atoms with Crippen LogP contribution in [0.3, 0.4) is 0 Å². The maximum absolute atomic E-state index is 12.2. The van der Waals surface area contributed by atoms with Crippen molar-refractivity contribution in [3.63, 3.8) is 0 Å². The molecule has 0 saturated heterocycles. The fraction of sp³-hybridized carbons (Fsp3) is 0.375. The first-order valence-corrected chi connectivity index (χ1v) is 8.79. The Morgan fingerprint density at radius 3 is 2.88 bits per heavy atom. The summed E-state index contributed by atoms with van der Waals surface area (Å²) in [4.78, 5) is 31.4. The van der Waals surface area contributed by atoms with E-state index < -0.39 is 0 Å². The zero-order valence-corrected chi connectivity index (χ0v) is 14.4. The lowest BCUT2D eigenvalue weighted by atomic mass is 10.2. The molecule has 2 heterocycles. The normalized spacial score (nSPS) is 12.6. The molecule has 7 nitrogen and oxygen atoms in total. The monoisotopic (exact) mass is 345 g/mol. The average molecular weight is 345 g/mol. The number of unbranched alkanes of at least 4 members (excludes halogenated alkanes) is 1. The quantitative estimate of drug-likeness (QED) is 0.669. The molecule has 2 aromatic heterocycles. The Labute approximate surface area is 142 Å². The number of para-hydroxylation sites is 1. The number of nitrogens with one attached hydrogen (secondary N) is 2. The van der Waals surface area contributed by atoms with E-state index in [1.54, 1.807) is 10.6 Å². The van der Waals surface area contributed by atoms with Gasteiger partial charge in [-0.25, -0.2) is 14.9 Å². The molecule has 0 aliphatic heterocycles. The van der Waals surface area contributed by atoms with Gasteiger partial charge in [0.15, 0.2) is 5.16 Å². The van der Waals surface area contributed by atoms with Crippen molar-refractivity contribution >= 4 is 22.7 Å². The highest BCUT2D eigenvalue weighted by Gasteiger charge is 2.17. The summed E-state index contributed by atoms with van der Waals surface area (Å²) in [7, 11) is 0. The number of fused-ring (bicyclic) bond motifs is 1. The lowest BCUT2D eigenvalue weighted by Gasteiger charge is -2.11. The van der Waals surface area contributed by atoms with Crippen LogP contribution in [0.4, 0.5) is 0 Å². The van der Waals surface area contributed by atoms with E-state index in [-0.39, 0.29) is 16.5 Å². The van der Waals surface area contributed by atoms with Crippen LogP contribution in [-0.4, -0.2) is 24.7 Å². The van der Waals surface area contributed by atoms with Crippen LogP contribution in [0.25, 0.3) is 10.9 Å². The minimum Gasteiger partial charge on any atom is -0.309 e. The Bertz CT molecular complexity index is 959. The summed E-state index contributed by atoms with van der Waals surface area (Å²) in [5.74, 6) is 0.571. The van der Waals surface area contributed by atoms with E-state index in [0.29, 0.717) is 28.4 Å². The zero-order valence-electron chi connectivity index (χ0n) is 13.6. The molecule has 0 aliphatic carbocycles. The molecule has 0 fully saturated rings. The molecule has 1 atom stereocenters. The molecule has 2 N–H and O–H groups in total. The number of H-pyrrole nitrogens is 2. The first kappa shape index (κ1) is 16.5. The third kappa shape index (κ3) is 3.28. The number of rotatable bonds is 6. The molecule has 0 amide bonds. The van der Waals surface area contributed by atoms with Gasteiger partial charge in [-0.15, -0.1) is 5.10 Å². The van der Waals surface area contributed by atoms with Crippen LogP contribution < -0.4 is 11.2 Å². The van der Waals surface area contributed by atoms with Crippen molar-refractivity contribution in [2.75, 3.05) is 0 Å². The van der Waals surface area contributed by atoms with E-state index in [0.717, 1.165) is 12.8 Å². The fourth-order valence-electron chi connectivity index (χ4n) is 2.42. The fourth-order valence-corrected chi connectivity index (χ4v) is 3.36. The summed E-state index contributed by atoms with van der Waals surface area (Å²) in [6.07, 6.45) is 1.91. The Morgan fingerprint density at radius 1 is 1.29 bits per heavy atom. The number of aromatic nitrogens is 5. The van der Waals surface area contributed by atoms with Crippen LogP contribution in [0.15, 0.2) is 39.0 Å². The summed E-state index contributed by atoms with van der Waals surface area (Å²) in [6.45, 7) is 4.63. The van der Waals surface area contributed by atoms with Crippen molar-refractivity contribution in [1.29, 1.82) is 0 Å². The second-order valence-electron chi connectivity index (χ2n) is 5.54. The van der Waals surface area contributed by atoms with Crippen LogP contribution in [0, 0.1) is 0 Å². The molecule has 3 aromatic rings. The van der Waals surface area contributed by atoms with E-state index in [1.807, 2.05) is 25.1 Å². The highest BCUT2D eigenvalue weighted by Crippen LogP contribution is 2.31. The van der Waals surface area contributed by atoms with Crippen molar-refractivity contribution in [1.82, 2.24) is 24.7 Å². The van der Waals surface area contributed by atoms with Crippen LogP contribution in [0.1, 0.15) is 37.8 Å². The summed E-state index contributed by atoms with van der Waals surface area (Å²) in [6, 6.07) is 7.23. The number of nitrogens with zero attached hydrogens (tertiary/aromatic N) is 3. The van der Waals surface area contributed by atoms with Crippen molar-refractivity contribution in [2.24, 2.45) is 0 Å². The van der Waals surface area contributed by atoms with Crippen LogP contribution in [0.5, 0.6) is 0 Å². The topological polar surface area (TPSA) is 96.4 Å². The van der Waals surface area contributed by atoms with E-state index in [2.05, 4.69) is 27.1 Å². The smallest absolute Gasteiger partial charge is 0.309 e. The van der Waals surface area contributed by atoms with Crippen molar-refractivity contribution in [3.05, 3.63) is 50.9 Å². The Kier molecular flexibility index (Phi) is 4.84. The molecule has 3 rings (SSSR count). The molecule has 24 heavy (non-hydrogen) atoms. The predicted octanol–water partition coefficient (Wildman–Crippen LogP) is 2.46. The van der Waals surface area contributed by atoms with Gasteiger partial charge in [0.2, 0.25) is 0 Å². The van der Waals surface area contributed by atoms with E-state index >= 15 is 0 Å². The zero-order chi connectivity index (χ0) is 17.1. The summed E-state index contributed by atoms with van der Waals surface area (Å²) in [5.41, 5.74) is 0.292. The van der Waals surface area contributed by atoms with E-state index in [1.165, 1.54) is 11.8 Å². The van der Waals surface area contributed by atoms with Crippen LogP contribution in [-0.2, 0) is 6.54 Å². The molecule has 0 aliphatic rings. The first-order valence-electron chi connectivity index (χ1n) is 7.91. The number of hydrogen-bond acceptors (Lipinski definition) is 5. The third-order valence-corrected chi connectivity index (χ3v) is 4.86. The van der Waals surface area contributed by atoms with Gasteiger partial charge in [0.05, 0.1) is 16.2 Å². The van der Waals surface area contributed by atoms with Gasteiger partial charge in [-0.05, 0) is 25.5 Å². The number of benzene rings is 1. The summed E-state index contributed by atoms with van der Waals surface area (Å²) < 4.78 is 1.63. The predicted molar refractivity (Wildman–Crippen MR) is 94.4 cm³/mol. The molecule has 8 heteroatoms. The molecule has 0 radical (unpaired) electrons. The average Bonchev–Trinajstić information content (AvgIpc) is 2.92. The van der Waals surface area contributed by atoms with E-state index in [9.17, 15) is 9.59 Å². The molecular formula is C16H19N5O2S. The highest BCUT2D eigenvalue weighted by atomic mass is 32.2. The maximum Gasteiger partial charge on any atom is 0.343 e. The summed E-state index contributed by atoms with van der Waals surface area (Å²) in [5, 5.41) is 7.61. The molecule has 0 saturated carbocycles. The summed E-state index contributed by atoms with van der Waals surface area (Å²) >= 11 is 1.40. The Hall–Kier alpha value is -2.35. The van der Waals surface area contributed by atoms with Gasteiger partial charge in [0.25, 0.3) is 5.56 Å². The lowest BCUT2D eigenvalue weighted by Crippen LogP contribution is -2.18. The van der Waals surface area contributed by atoms with Gasteiger partial charge < -0.3 is 4.98 Å². The van der Waals surface area contributed by atoms with Gasteiger partial charge in [0, 0.05) is 6.54 Å². The molecule has 0 unspecified atom stereocenters. The van der Waals surface area contributed by atoms with Crippen molar-refractivity contribution < 1.29 is 0 Å². The highest BCUT2D eigenvalue weighted by molar-refractivity contribution is 7.99. The van der Waals surface area contributed by atoms with Gasteiger partial charge in [-0.1, -0.05) is 37.2 Å². The van der Waals surface area contributed by atoms with Crippen LogP contribution >= 0.6 is 11.8 Å². The lowest BCUT2D eigenvalue weighted by molar-refractivity contribution is 0.572. The second kappa shape index (κ2) is 7.04. The standard InChI is InChI=1S/C16H19N5O2S/c1-3-4-9-21-15(23)19-20-16(21)24-10(2)13-17-12-8-6-5-7-11(12)14(22)18-13/h5-8,10H,3-4,9H2,1-2H3,(H,19,23)(H,17,18,22)/t10-/m1/s1. The van der Waals surface area contributed by atoms with Crippen molar-refractivity contribution in [2.45, 2.75) is 43.6 Å². The molecule has 126 valence electrons. The van der Waals surface area contributed by atoms with E-state index in [4.69, 9.17) is 0 Å². The SMILES string of the molecule is CCCCn1c(S[C@H](C)c2nc3ccccc3c(=O)[nH]2)n[nH]c1=O. The van der Waals surface area contributed by atoms with Gasteiger partial charge in [-0.3, -0.25) is 9.36 Å². The van der Waals surface area contributed by atoms with Gasteiger partial charge in [0.1, 0.15) is 5.82 Å². The Morgan fingerprint density at radius 2 is 2.08 bits per heavy atom. The van der Waals surface area contributed by atoms with Gasteiger partial charge in [-0.2, -0.15) is 0 Å². The molecule has 1 aromatic carbocycles. The number of hydrogen-bond donors (Lipinski definition) is 2. The van der Waals surface area contributed by atoms with Gasteiger partial charge >= 0.3 is 5.69 Å². The second-order valence-corrected chi connectivity index (χ2v) is 6.85. The Balaban J connectivity index is 1.89. The third-order valence-electron chi connectivity index (χ3n) is 3.76. The first-order chi connectivity index (χ1) is 11.6. The molecule has 0 spiro atoms.